The Labute approximate surface area is 153 Å². The number of benzene rings is 1. The highest BCUT2D eigenvalue weighted by Crippen LogP contribution is 2.37. The number of aromatic amines is 1. The number of halogens is 3. The Hall–Kier alpha value is -2.28. The molecule has 5 nitrogen and oxygen atoms in total. The highest BCUT2D eigenvalue weighted by Gasteiger charge is 2.36. The Kier molecular flexibility index (Phi) is 5.36. The van der Waals surface area contributed by atoms with E-state index in [9.17, 15) is 18.4 Å². The fourth-order valence-corrected chi connectivity index (χ4v) is 3.15. The summed E-state index contributed by atoms with van der Waals surface area (Å²) < 4.78 is 27.0. The zero-order chi connectivity index (χ0) is 18.8. The molecule has 8 heteroatoms. The maximum Gasteiger partial charge on any atom is 0.287 e. The van der Waals surface area contributed by atoms with Crippen molar-refractivity contribution in [3.8, 4) is 0 Å². The Balaban J connectivity index is 1.73. The number of amides is 1. The van der Waals surface area contributed by atoms with E-state index in [-0.39, 0.29) is 28.7 Å². The van der Waals surface area contributed by atoms with Gasteiger partial charge < -0.3 is 10.3 Å². The maximum absolute atomic E-state index is 13.9. The summed E-state index contributed by atoms with van der Waals surface area (Å²) in [5.41, 5.74) is -0.187. The molecule has 1 aromatic heterocycles. The molecule has 0 bridgehead atoms. The first kappa shape index (κ1) is 18.5. The van der Waals surface area contributed by atoms with Crippen LogP contribution in [0.3, 0.4) is 0 Å². The summed E-state index contributed by atoms with van der Waals surface area (Å²) in [6.07, 6.45) is 3.41. The minimum Gasteiger partial charge on any atom is -0.346 e. The standard InChI is InChI=1S/C18H18ClF2N3O2/c1-9(6-11-4-5-12(20)7-14(11)21)15(10-2-3-10)23-18(26)16-22-8-13(19)17(25)24-16/h4-5,7-10,15H,2-3,6H2,1H3,(H,23,26)(H,22,24,25)/t9-,15?/m1/s1. The number of rotatable bonds is 6. The van der Waals surface area contributed by atoms with Gasteiger partial charge in [-0.2, -0.15) is 0 Å². The van der Waals surface area contributed by atoms with Crippen LogP contribution < -0.4 is 10.9 Å². The third-order valence-corrected chi connectivity index (χ3v) is 4.84. The van der Waals surface area contributed by atoms with Gasteiger partial charge in [0.2, 0.25) is 0 Å². The lowest BCUT2D eigenvalue weighted by atomic mass is 9.90. The lowest BCUT2D eigenvalue weighted by Gasteiger charge is -2.25. The number of nitrogens with one attached hydrogen (secondary N) is 2. The van der Waals surface area contributed by atoms with Crippen molar-refractivity contribution in [3.63, 3.8) is 0 Å². The van der Waals surface area contributed by atoms with Gasteiger partial charge in [-0.1, -0.05) is 24.6 Å². The number of H-pyrrole nitrogens is 1. The molecule has 1 heterocycles. The van der Waals surface area contributed by atoms with E-state index in [2.05, 4.69) is 15.3 Å². The Morgan fingerprint density at radius 1 is 1.42 bits per heavy atom. The summed E-state index contributed by atoms with van der Waals surface area (Å²) >= 11 is 5.62. The van der Waals surface area contributed by atoms with Crippen molar-refractivity contribution in [1.82, 2.24) is 15.3 Å². The van der Waals surface area contributed by atoms with Gasteiger partial charge in [-0.25, -0.2) is 13.8 Å². The average Bonchev–Trinajstić information content (AvgIpc) is 3.42. The monoisotopic (exact) mass is 381 g/mol. The number of hydrogen-bond donors (Lipinski definition) is 2. The van der Waals surface area contributed by atoms with Crippen molar-refractivity contribution in [1.29, 1.82) is 0 Å². The molecule has 1 aromatic carbocycles. The van der Waals surface area contributed by atoms with Gasteiger partial charge in [0, 0.05) is 12.1 Å². The average molecular weight is 382 g/mol. The molecule has 138 valence electrons. The molecule has 1 fully saturated rings. The van der Waals surface area contributed by atoms with Crippen molar-refractivity contribution >= 4 is 17.5 Å². The number of nitrogens with zero attached hydrogens (tertiary/aromatic N) is 1. The number of carbonyl (C=O) groups excluding carboxylic acids is 1. The molecule has 0 saturated heterocycles. The second-order valence-corrected chi connectivity index (χ2v) is 7.07. The van der Waals surface area contributed by atoms with Gasteiger partial charge >= 0.3 is 0 Å². The molecule has 2 N–H and O–H groups in total. The minimum atomic E-state index is -0.622. The molecule has 2 aromatic rings. The van der Waals surface area contributed by atoms with E-state index in [1.165, 1.54) is 12.1 Å². The van der Waals surface area contributed by atoms with E-state index in [1.807, 2.05) is 6.92 Å². The maximum atomic E-state index is 13.9. The summed E-state index contributed by atoms with van der Waals surface area (Å²) in [4.78, 5) is 30.1. The predicted molar refractivity (Wildman–Crippen MR) is 93.1 cm³/mol. The number of hydrogen-bond acceptors (Lipinski definition) is 3. The SMILES string of the molecule is C[C@H](Cc1ccc(F)cc1F)C(NC(=O)c1ncc(Cl)c(=O)[nH]1)C1CC1. The minimum absolute atomic E-state index is 0.0783. The highest BCUT2D eigenvalue weighted by atomic mass is 35.5. The van der Waals surface area contributed by atoms with Crippen molar-refractivity contribution in [2.24, 2.45) is 11.8 Å². The predicted octanol–water partition coefficient (Wildman–Crippen LogP) is 3.09. The Morgan fingerprint density at radius 2 is 2.15 bits per heavy atom. The molecule has 1 aliphatic rings. The van der Waals surface area contributed by atoms with E-state index >= 15 is 0 Å². The van der Waals surface area contributed by atoms with Gasteiger partial charge in [0.15, 0.2) is 5.82 Å². The van der Waals surface area contributed by atoms with Gasteiger partial charge in [-0.3, -0.25) is 9.59 Å². The van der Waals surface area contributed by atoms with Crippen LogP contribution in [0, 0.1) is 23.5 Å². The molecular weight excluding hydrogens is 364 g/mol. The molecule has 2 atom stereocenters. The zero-order valence-corrected chi connectivity index (χ0v) is 14.8. The third-order valence-electron chi connectivity index (χ3n) is 4.57. The topological polar surface area (TPSA) is 74.8 Å². The van der Waals surface area contributed by atoms with E-state index in [4.69, 9.17) is 11.6 Å². The van der Waals surface area contributed by atoms with Crippen LogP contribution in [-0.4, -0.2) is 21.9 Å². The zero-order valence-electron chi connectivity index (χ0n) is 14.1. The van der Waals surface area contributed by atoms with E-state index in [1.54, 1.807) is 0 Å². The van der Waals surface area contributed by atoms with Crippen LogP contribution in [0.2, 0.25) is 5.02 Å². The molecule has 1 unspecified atom stereocenters. The molecular formula is C18H18ClF2N3O2. The van der Waals surface area contributed by atoms with Crippen LogP contribution in [0.1, 0.15) is 35.9 Å². The van der Waals surface area contributed by atoms with Gasteiger partial charge in [-0.05, 0) is 42.7 Å². The molecule has 0 aliphatic heterocycles. The normalized spacial score (nSPS) is 16.2. The van der Waals surface area contributed by atoms with Gasteiger partial charge in [0.1, 0.15) is 16.7 Å². The molecule has 1 amide bonds. The number of carbonyl (C=O) groups is 1. The summed E-state index contributed by atoms with van der Waals surface area (Å²) in [6.45, 7) is 1.91. The lowest BCUT2D eigenvalue weighted by Crippen LogP contribution is -2.42. The quantitative estimate of drug-likeness (QED) is 0.807. The highest BCUT2D eigenvalue weighted by molar-refractivity contribution is 6.30. The van der Waals surface area contributed by atoms with Crippen molar-refractivity contribution < 1.29 is 13.6 Å². The second-order valence-electron chi connectivity index (χ2n) is 6.66. The molecule has 26 heavy (non-hydrogen) atoms. The first-order valence-corrected chi connectivity index (χ1v) is 8.72. The Bertz CT molecular complexity index is 883. The molecule has 0 radical (unpaired) electrons. The smallest absolute Gasteiger partial charge is 0.287 e. The van der Waals surface area contributed by atoms with Crippen LogP contribution in [0.25, 0.3) is 0 Å². The van der Waals surface area contributed by atoms with E-state index in [0.717, 1.165) is 25.1 Å². The van der Waals surface area contributed by atoms with Crippen LogP contribution in [0.15, 0.2) is 29.2 Å². The van der Waals surface area contributed by atoms with Crippen LogP contribution in [0.5, 0.6) is 0 Å². The largest absolute Gasteiger partial charge is 0.346 e. The van der Waals surface area contributed by atoms with Crippen LogP contribution in [-0.2, 0) is 6.42 Å². The van der Waals surface area contributed by atoms with Gasteiger partial charge in [0.05, 0.1) is 6.20 Å². The van der Waals surface area contributed by atoms with Crippen molar-refractivity contribution in [2.45, 2.75) is 32.2 Å². The fraction of sp³-hybridized carbons (Fsp3) is 0.389. The van der Waals surface area contributed by atoms with E-state index < -0.39 is 23.1 Å². The molecule has 0 spiro atoms. The summed E-state index contributed by atoms with van der Waals surface area (Å²) in [6, 6.07) is 3.30. The first-order chi connectivity index (χ1) is 12.3. The van der Waals surface area contributed by atoms with Crippen LogP contribution >= 0.6 is 11.6 Å². The summed E-state index contributed by atoms with van der Waals surface area (Å²) in [5, 5.41) is 2.78. The fourth-order valence-electron chi connectivity index (χ4n) is 3.06. The summed E-state index contributed by atoms with van der Waals surface area (Å²) in [7, 11) is 0. The Morgan fingerprint density at radius 3 is 2.77 bits per heavy atom. The first-order valence-electron chi connectivity index (χ1n) is 8.34. The lowest BCUT2D eigenvalue weighted by molar-refractivity contribution is 0.0905. The molecule has 3 rings (SSSR count). The van der Waals surface area contributed by atoms with Crippen molar-refractivity contribution in [3.05, 3.63) is 62.8 Å². The van der Waals surface area contributed by atoms with Gasteiger partial charge in [0.25, 0.3) is 11.5 Å². The number of aromatic nitrogens is 2. The van der Waals surface area contributed by atoms with Gasteiger partial charge in [-0.15, -0.1) is 0 Å². The van der Waals surface area contributed by atoms with Crippen LogP contribution in [0.4, 0.5) is 8.78 Å². The third kappa shape index (κ3) is 4.27. The van der Waals surface area contributed by atoms with Crippen molar-refractivity contribution in [2.75, 3.05) is 0 Å². The summed E-state index contributed by atoms with van der Waals surface area (Å²) in [5.74, 6) is -1.64. The van der Waals surface area contributed by atoms with E-state index in [0.29, 0.717) is 12.0 Å². The molecule has 1 aliphatic carbocycles. The molecule has 1 saturated carbocycles. The second kappa shape index (κ2) is 7.53.